The fraction of sp³-hybridized carbons (Fsp3) is 0.846. The van der Waals surface area contributed by atoms with Gasteiger partial charge in [-0.1, -0.05) is 6.92 Å². The van der Waals surface area contributed by atoms with Crippen LogP contribution in [0.3, 0.4) is 0 Å². The van der Waals surface area contributed by atoms with E-state index in [1.165, 1.54) is 0 Å². The summed E-state index contributed by atoms with van der Waals surface area (Å²) < 4.78 is 0. The third kappa shape index (κ3) is 5.49. The van der Waals surface area contributed by atoms with Crippen LogP contribution in [0.15, 0.2) is 0 Å². The predicted molar refractivity (Wildman–Crippen MR) is 69.0 cm³/mol. The lowest BCUT2D eigenvalue weighted by Crippen LogP contribution is -2.47. The van der Waals surface area contributed by atoms with Gasteiger partial charge in [-0.15, -0.1) is 0 Å². The highest BCUT2D eigenvalue weighted by molar-refractivity contribution is 5.78. The summed E-state index contributed by atoms with van der Waals surface area (Å²) in [5.74, 6) is -0.0825. The zero-order chi connectivity index (χ0) is 13.4. The molecule has 0 saturated heterocycles. The molecule has 18 heavy (non-hydrogen) atoms. The summed E-state index contributed by atoms with van der Waals surface area (Å²) >= 11 is 0. The first kappa shape index (κ1) is 15.0. The van der Waals surface area contributed by atoms with Crippen molar-refractivity contribution in [1.29, 1.82) is 0 Å². The van der Waals surface area contributed by atoms with Gasteiger partial charge in [0.1, 0.15) is 0 Å². The molecule has 0 aromatic rings. The van der Waals surface area contributed by atoms with E-state index in [-0.39, 0.29) is 11.8 Å². The van der Waals surface area contributed by atoms with Gasteiger partial charge < -0.3 is 15.7 Å². The summed E-state index contributed by atoms with van der Waals surface area (Å²) in [6.45, 7) is 3.03. The van der Waals surface area contributed by atoms with Gasteiger partial charge in [0.05, 0.1) is 5.60 Å². The molecule has 1 aliphatic carbocycles. The van der Waals surface area contributed by atoms with Gasteiger partial charge in [-0.3, -0.25) is 9.59 Å². The fourth-order valence-corrected chi connectivity index (χ4v) is 1.88. The van der Waals surface area contributed by atoms with E-state index in [0.717, 1.165) is 25.7 Å². The lowest BCUT2D eigenvalue weighted by atomic mass is 9.80. The number of carbonyl (C=O) groups excluding carboxylic acids is 2. The standard InChI is InChI=1S/C13H24N2O3/c1-2-9-14-11(16)5-3-6-12(17)15-10-13(18)7-4-8-13/h18H,2-10H2,1H3,(H,14,16)(H,15,17). The largest absolute Gasteiger partial charge is 0.388 e. The van der Waals surface area contributed by atoms with E-state index < -0.39 is 5.60 Å². The number of carbonyl (C=O) groups is 2. The Bertz CT molecular complexity index is 288. The Kier molecular flexibility index (Phi) is 6.12. The number of rotatable bonds is 8. The Hall–Kier alpha value is -1.10. The first-order valence-electron chi connectivity index (χ1n) is 6.81. The minimum atomic E-state index is -0.672. The predicted octanol–water partition coefficient (Wildman–Crippen LogP) is 0.714. The second-order valence-electron chi connectivity index (χ2n) is 5.06. The molecule has 1 fully saturated rings. The maximum atomic E-state index is 11.5. The van der Waals surface area contributed by atoms with Crippen LogP contribution in [0.2, 0.25) is 0 Å². The summed E-state index contributed by atoms with van der Waals surface area (Å²) in [6.07, 6.45) is 4.78. The van der Waals surface area contributed by atoms with Crippen molar-refractivity contribution in [2.75, 3.05) is 13.1 Å². The van der Waals surface area contributed by atoms with E-state index >= 15 is 0 Å². The molecule has 0 aromatic heterocycles. The molecule has 1 saturated carbocycles. The molecule has 0 heterocycles. The molecule has 0 aliphatic heterocycles. The lowest BCUT2D eigenvalue weighted by Gasteiger charge is -2.36. The Labute approximate surface area is 108 Å². The van der Waals surface area contributed by atoms with Gasteiger partial charge >= 0.3 is 0 Å². The molecule has 0 spiro atoms. The van der Waals surface area contributed by atoms with Crippen LogP contribution in [0.1, 0.15) is 51.9 Å². The molecule has 1 aliphatic rings. The molecular formula is C13H24N2O3. The van der Waals surface area contributed by atoms with Crippen LogP contribution in [0, 0.1) is 0 Å². The van der Waals surface area contributed by atoms with Crippen LogP contribution in [0.25, 0.3) is 0 Å². The molecule has 0 bridgehead atoms. The molecule has 0 unspecified atom stereocenters. The third-order valence-corrected chi connectivity index (χ3v) is 3.28. The van der Waals surface area contributed by atoms with Gasteiger partial charge in [0.25, 0.3) is 0 Å². The van der Waals surface area contributed by atoms with Crippen molar-refractivity contribution >= 4 is 11.8 Å². The van der Waals surface area contributed by atoms with Crippen molar-refractivity contribution in [3.63, 3.8) is 0 Å². The monoisotopic (exact) mass is 256 g/mol. The van der Waals surface area contributed by atoms with E-state index in [9.17, 15) is 14.7 Å². The van der Waals surface area contributed by atoms with Crippen molar-refractivity contribution in [2.24, 2.45) is 0 Å². The molecule has 0 aromatic carbocycles. The van der Waals surface area contributed by atoms with Crippen molar-refractivity contribution < 1.29 is 14.7 Å². The van der Waals surface area contributed by atoms with Gasteiger partial charge in [0, 0.05) is 25.9 Å². The first-order chi connectivity index (χ1) is 8.56. The third-order valence-electron chi connectivity index (χ3n) is 3.28. The highest BCUT2D eigenvalue weighted by Gasteiger charge is 2.34. The van der Waals surface area contributed by atoms with Gasteiger partial charge in [-0.05, 0) is 32.1 Å². The maximum absolute atomic E-state index is 11.5. The second-order valence-corrected chi connectivity index (χ2v) is 5.06. The van der Waals surface area contributed by atoms with Crippen LogP contribution in [0.5, 0.6) is 0 Å². The quantitative estimate of drug-likeness (QED) is 0.598. The SMILES string of the molecule is CCCNC(=O)CCCC(=O)NCC1(O)CCC1. The minimum absolute atomic E-state index is 0.00210. The van der Waals surface area contributed by atoms with E-state index in [2.05, 4.69) is 10.6 Å². The topological polar surface area (TPSA) is 78.4 Å². The van der Waals surface area contributed by atoms with Crippen LogP contribution < -0.4 is 10.6 Å². The Balaban J connectivity index is 2.01. The lowest BCUT2D eigenvalue weighted by molar-refractivity contribution is -0.124. The maximum Gasteiger partial charge on any atom is 0.220 e. The molecule has 5 nitrogen and oxygen atoms in total. The van der Waals surface area contributed by atoms with Crippen molar-refractivity contribution in [2.45, 2.75) is 57.5 Å². The summed E-state index contributed by atoms with van der Waals surface area (Å²) in [5, 5.41) is 15.3. The molecule has 2 amide bonds. The van der Waals surface area contributed by atoms with Crippen LogP contribution in [-0.4, -0.2) is 35.6 Å². The zero-order valence-corrected chi connectivity index (χ0v) is 11.1. The van der Waals surface area contributed by atoms with Gasteiger partial charge in [-0.25, -0.2) is 0 Å². The van der Waals surface area contributed by atoms with E-state index in [1.54, 1.807) is 0 Å². The molecule has 5 heteroatoms. The smallest absolute Gasteiger partial charge is 0.220 e. The summed E-state index contributed by atoms with van der Waals surface area (Å²) in [5.41, 5.74) is -0.672. The Morgan fingerprint density at radius 1 is 1.17 bits per heavy atom. The highest BCUT2D eigenvalue weighted by Crippen LogP contribution is 2.30. The van der Waals surface area contributed by atoms with Crippen molar-refractivity contribution in [3.05, 3.63) is 0 Å². The van der Waals surface area contributed by atoms with E-state index in [4.69, 9.17) is 0 Å². The minimum Gasteiger partial charge on any atom is -0.388 e. The number of amides is 2. The van der Waals surface area contributed by atoms with Crippen molar-refractivity contribution in [3.8, 4) is 0 Å². The van der Waals surface area contributed by atoms with Crippen LogP contribution in [-0.2, 0) is 9.59 Å². The Morgan fingerprint density at radius 3 is 2.28 bits per heavy atom. The van der Waals surface area contributed by atoms with E-state index in [1.807, 2.05) is 6.92 Å². The molecular weight excluding hydrogens is 232 g/mol. The number of nitrogens with one attached hydrogen (secondary N) is 2. The average Bonchev–Trinajstić information content (AvgIpc) is 2.31. The summed E-state index contributed by atoms with van der Waals surface area (Å²) in [4.78, 5) is 22.7. The molecule has 1 rings (SSSR count). The van der Waals surface area contributed by atoms with Crippen LogP contribution >= 0.6 is 0 Å². The highest BCUT2D eigenvalue weighted by atomic mass is 16.3. The molecule has 0 atom stereocenters. The molecule has 0 radical (unpaired) electrons. The normalized spacial score (nSPS) is 16.8. The fourth-order valence-electron chi connectivity index (χ4n) is 1.88. The van der Waals surface area contributed by atoms with Crippen molar-refractivity contribution in [1.82, 2.24) is 10.6 Å². The van der Waals surface area contributed by atoms with Gasteiger partial charge in [0.2, 0.25) is 11.8 Å². The Morgan fingerprint density at radius 2 is 1.78 bits per heavy atom. The van der Waals surface area contributed by atoms with E-state index in [0.29, 0.717) is 32.4 Å². The number of hydrogen-bond donors (Lipinski definition) is 3. The molecule has 104 valence electrons. The molecule has 3 N–H and O–H groups in total. The first-order valence-corrected chi connectivity index (χ1v) is 6.81. The second kappa shape index (κ2) is 7.36. The zero-order valence-electron chi connectivity index (χ0n) is 11.1. The average molecular weight is 256 g/mol. The van der Waals surface area contributed by atoms with Crippen LogP contribution in [0.4, 0.5) is 0 Å². The summed E-state index contributed by atoms with van der Waals surface area (Å²) in [7, 11) is 0. The number of hydrogen-bond acceptors (Lipinski definition) is 3. The van der Waals surface area contributed by atoms with Gasteiger partial charge in [-0.2, -0.15) is 0 Å². The summed E-state index contributed by atoms with van der Waals surface area (Å²) in [6, 6.07) is 0. The van der Waals surface area contributed by atoms with Gasteiger partial charge in [0.15, 0.2) is 0 Å². The number of aliphatic hydroxyl groups is 1.